The van der Waals surface area contributed by atoms with Crippen molar-refractivity contribution in [1.82, 2.24) is 20.2 Å². The van der Waals surface area contributed by atoms with Gasteiger partial charge in [0.05, 0.1) is 11.8 Å². The molecule has 8 heteroatoms. The van der Waals surface area contributed by atoms with Crippen LogP contribution in [0, 0.1) is 13.8 Å². The summed E-state index contributed by atoms with van der Waals surface area (Å²) in [6.45, 7) is 5.68. The second-order valence-electron chi connectivity index (χ2n) is 6.52. The molecule has 146 valence electrons. The van der Waals surface area contributed by atoms with Crippen LogP contribution < -0.4 is 4.74 Å². The molecule has 0 aliphatic rings. The van der Waals surface area contributed by atoms with E-state index in [9.17, 15) is 9.90 Å². The van der Waals surface area contributed by atoms with Crippen LogP contribution in [0.15, 0.2) is 47.6 Å². The van der Waals surface area contributed by atoms with Gasteiger partial charge in [0.1, 0.15) is 12.4 Å². The average Bonchev–Trinajstić information content (AvgIpc) is 3.15. The number of aliphatic hydroxyl groups excluding tert-OH is 1. The van der Waals surface area contributed by atoms with Crippen LogP contribution in [0.5, 0.6) is 5.75 Å². The molecule has 0 aliphatic carbocycles. The van der Waals surface area contributed by atoms with Crippen LogP contribution in [-0.2, 0) is 0 Å². The number of rotatable bonds is 8. The molecule has 28 heavy (non-hydrogen) atoms. The molecule has 0 radical (unpaired) electrons. The van der Waals surface area contributed by atoms with Gasteiger partial charge in [-0.3, -0.25) is 4.79 Å². The second-order valence-corrected chi connectivity index (χ2v) is 7.51. The minimum atomic E-state index is -0.693. The number of ketones is 1. The number of thioether (sulfide) groups is 1. The Hall–Kier alpha value is -2.71. The predicted molar refractivity (Wildman–Crippen MR) is 107 cm³/mol. The fourth-order valence-electron chi connectivity index (χ4n) is 2.56. The van der Waals surface area contributed by atoms with E-state index in [2.05, 4.69) is 15.5 Å². The summed E-state index contributed by atoms with van der Waals surface area (Å²) in [4.78, 5) is 11.3. The summed E-state index contributed by atoms with van der Waals surface area (Å²) < 4.78 is 7.27. The zero-order valence-corrected chi connectivity index (χ0v) is 16.8. The lowest BCUT2D eigenvalue weighted by Gasteiger charge is -2.13. The van der Waals surface area contributed by atoms with E-state index in [-0.39, 0.29) is 12.4 Å². The number of carbonyl (C=O) groups excluding carboxylic acids is 1. The minimum absolute atomic E-state index is 0.00422. The lowest BCUT2D eigenvalue weighted by atomic mass is 10.1. The van der Waals surface area contributed by atoms with Crippen LogP contribution in [0.2, 0.25) is 0 Å². The summed E-state index contributed by atoms with van der Waals surface area (Å²) >= 11 is 1.36. The van der Waals surface area contributed by atoms with E-state index in [0.717, 1.165) is 16.8 Å². The Morgan fingerprint density at radius 1 is 1.21 bits per heavy atom. The summed E-state index contributed by atoms with van der Waals surface area (Å²) in [5.74, 6) is 0.996. The van der Waals surface area contributed by atoms with Crippen molar-refractivity contribution in [2.75, 3.05) is 12.4 Å². The Balaban J connectivity index is 1.57. The zero-order valence-electron chi connectivity index (χ0n) is 16.0. The molecule has 7 nitrogen and oxygen atoms in total. The number of aliphatic hydroxyl groups is 1. The van der Waals surface area contributed by atoms with E-state index in [0.29, 0.717) is 22.2 Å². The molecule has 1 heterocycles. The molecule has 0 spiro atoms. The summed E-state index contributed by atoms with van der Waals surface area (Å²) in [5.41, 5.74) is 3.74. The lowest BCUT2D eigenvalue weighted by Crippen LogP contribution is -2.20. The first-order valence-electron chi connectivity index (χ1n) is 8.84. The molecule has 0 fully saturated rings. The third-order valence-electron chi connectivity index (χ3n) is 4.14. The van der Waals surface area contributed by atoms with Gasteiger partial charge in [0, 0.05) is 11.3 Å². The van der Waals surface area contributed by atoms with Gasteiger partial charge in [-0.2, -0.15) is 4.68 Å². The van der Waals surface area contributed by atoms with Crippen molar-refractivity contribution in [3.05, 3.63) is 59.2 Å². The molecule has 0 amide bonds. The molecule has 0 unspecified atom stereocenters. The molecule has 3 rings (SSSR count). The van der Waals surface area contributed by atoms with Crippen molar-refractivity contribution in [3.63, 3.8) is 0 Å². The van der Waals surface area contributed by atoms with E-state index in [1.165, 1.54) is 18.7 Å². The lowest BCUT2D eigenvalue weighted by molar-refractivity contribution is 0.101. The van der Waals surface area contributed by atoms with Crippen LogP contribution in [0.25, 0.3) is 5.69 Å². The number of tetrazole rings is 1. The standard InChI is InChI=1S/C20H22N4O3S/c1-13-4-5-14(2)19(10-13)24-20(21-22-23-24)28-12-17(26)11-27-18-8-6-16(7-9-18)15(3)25/h4-10,17,26H,11-12H2,1-3H3/t17-/m0/s1. The number of hydrogen-bond donors (Lipinski definition) is 1. The van der Waals surface area contributed by atoms with Crippen molar-refractivity contribution >= 4 is 17.5 Å². The average molecular weight is 398 g/mol. The Morgan fingerprint density at radius 2 is 1.96 bits per heavy atom. The summed E-state index contributed by atoms with van der Waals surface area (Å²) in [6, 6.07) is 12.9. The zero-order chi connectivity index (χ0) is 20.1. The highest BCUT2D eigenvalue weighted by atomic mass is 32.2. The van der Waals surface area contributed by atoms with Crippen molar-refractivity contribution in [2.24, 2.45) is 0 Å². The largest absolute Gasteiger partial charge is 0.491 e. The van der Waals surface area contributed by atoms with E-state index < -0.39 is 6.10 Å². The first kappa shape index (κ1) is 20.0. The monoisotopic (exact) mass is 398 g/mol. The van der Waals surface area contributed by atoms with E-state index in [4.69, 9.17) is 4.74 Å². The molecule has 0 aliphatic heterocycles. The van der Waals surface area contributed by atoms with Gasteiger partial charge < -0.3 is 9.84 Å². The van der Waals surface area contributed by atoms with E-state index in [1.807, 2.05) is 32.0 Å². The quantitative estimate of drug-likeness (QED) is 0.461. The summed E-state index contributed by atoms with van der Waals surface area (Å²) in [6.07, 6.45) is -0.693. The molecular weight excluding hydrogens is 376 g/mol. The smallest absolute Gasteiger partial charge is 0.214 e. The normalized spacial score (nSPS) is 12.0. The Morgan fingerprint density at radius 3 is 2.68 bits per heavy atom. The molecule has 2 aromatic carbocycles. The molecule has 0 saturated heterocycles. The van der Waals surface area contributed by atoms with Crippen molar-refractivity contribution in [3.8, 4) is 11.4 Å². The van der Waals surface area contributed by atoms with Crippen molar-refractivity contribution < 1.29 is 14.6 Å². The number of carbonyl (C=O) groups is 1. The molecule has 1 atom stereocenters. The molecular formula is C20H22N4O3S. The van der Waals surface area contributed by atoms with Gasteiger partial charge in [-0.1, -0.05) is 23.9 Å². The first-order valence-corrected chi connectivity index (χ1v) is 9.83. The van der Waals surface area contributed by atoms with Crippen LogP contribution in [-0.4, -0.2) is 49.6 Å². The maximum atomic E-state index is 11.3. The number of aromatic nitrogens is 4. The highest BCUT2D eigenvalue weighted by molar-refractivity contribution is 7.99. The highest BCUT2D eigenvalue weighted by Gasteiger charge is 2.14. The Bertz CT molecular complexity index is 956. The van der Waals surface area contributed by atoms with Gasteiger partial charge in [-0.05, 0) is 72.7 Å². The SMILES string of the molecule is CC(=O)c1ccc(OC[C@H](O)CSc2nnnn2-c2cc(C)ccc2C)cc1. The third-order valence-corrected chi connectivity index (χ3v) is 5.21. The third kappa shape index (κ3) is 4.96. The fourth-order valence-corrected chi connectivity index (χ4v) is 3.35. The second kappa shape index (κ2) is 8.99. The topological polar surface area (TPSA) is 90.1 Å². The van der Waals surface area contributed by atoms with Crippen LogP contribution >= 0.6 is 11.8 Å². The fraction of sp³-hybridized carbons (Fsp3) is 0.300. The van der Waals surface area contributed by atoms with Crippen molar-refractivity contribution in [1.29, 1.82) is 0 Å². The van der Waals surface area contributed by atoms with E-state index in [1.54, 1.807) is 28.9 Å². The number of nitrogens with zero attached hydrogens (tertiary/aromatic N) is 4. The molecule has 0 saturated carbocycles. The van der Waals surface area contributed by atoms with Gasteiger partial charge in [-0.25, -0.2) is 0 Å². The Labute approximate surface area is 167 Å². The van der Waals surface area contributed by atoms with E-state index >= 15 is 0 Å². The number of benzene rings is 2. The van der Waals surface area contributed by atoms with Crippen LogP contribution in [0.4, 0.5) is 0 Å². The minimum Gasteiger partial charge on any atom is -0.491 e. The molecule has 1 N–H and O–H groups in total. The number of hydrogen-bond acceptors (Lipinski definition) is 7. The molecule has 0 bridgehead atoms. The van der Waals surface area contributed by atoms with Gasteiger partial charge in [0.25, 0.3) is 0 Å². The number of ether oxygens (including phenoxy) is 1. The van der Waals surface area contributed by atoms with Crippen molar-refractivity contribution in [2.45, 2.75) is 32.0 Å². The maximum Gasteiger partial charge on any atom is 0.214 e. The Kier molecular flexibility index (Phi) is 6.43. The van der Waals surface area contributed by atoms with Crippen LogP contribution in [0.3, 0.4) is 0 Å². The van der Waals surface area contributed by atoms with Gasteiger partial charge in [0.15, 0.2) is 5.78 Å². The first-order chi connectivity index (χ1) is 13.4. The molecule has 3 aromatic rings. The van der Waals surface area contributed by atoms with Gasteiger partial charge in [-0.15, -0.1) is 5.10 Å². The number of aryl methyl sites for hydroxylation is 2. The number of Topliss-reactive ketones (excluding diaryl/α,β-unsaturated/α-hetero) is 1. The molecule has 1 aromatic heterocycles. The summed E-state index contributed by atoms with van der Waals surface area (Å²) in [7, 11) is 0. The predicted octanol–water partition coefficient (Wildman–Crippen LogP) is 3.01. The maximum absolute atomic E-state index is 11.3. The van der Waals surface area contributed by atoms with Gasteiger partial charge >= 0.3 is 0 Å². The highest BCUT2D eigenvalue weighted by Crippen LogP contribution is 2.22. The summed E-state index contributed by atoms with van der Waals surface area (Å²) in [5, 5.41) is 22.7. The van der Waals surface area contributed by atoms with Gasteiger partial charge in [0.2, 0.25) is 5.16 Å². The van der Waals surface area contributed by atoms with Crippen LogP contribution in [0.1, 0.15) is 28.4 Å².